The maximum absolute atomic E-state index is 12.8. The Hall–Kier alpha value is -0.760. The minimum Gasteiger partial charge on any atom is -0.481 e. The number of carbonyl (C=O) groups excluding carboxylic acids is 1. The fraction of sp³-hybridized carbons (Fsp3) is 0.895. The summed E-state index contributed by atoms with van der Waals surface area (Å²) >= 11 is 0. The second-order valence-corrected chi connectivity index (χ2v) is 8.00. The van der Waals surface area contributed by atoms with Crippen LogP contribution in [0.3, 0.4) is 0 Å². The van der Waals surface area contributed by atoms with Gasteiger partial charge in [0.25, 0.3) is 0 Å². The fourth-order valence-electron chi connectivity index (χ4n) is 4.61. The summed E-state index contributed by atoms with van der Waals surface area (Å²) in [4.78, 5) is 30.0. The second kappa shape index (κ2) is 12.7. The van der Waals surface area contributed by atoms with Crippen LogP contribution >= 0.6 is 24.8 Å². The first kappa shape index (κ1) is 25.3. The van der Waals surface area contributed by atoms with Crippen LogP contribution in [0.1, 0.15) is 44.9 Å². The lowest BCUT2D eigenvalue weighted by Gasteiger charge is -2.43. The Kier molecular flexibility index (Phi) is 11.5. The van der Waals surface area contributed by atoms with E-state index in [0.717, 1.165) is 78.0 Å². The van der Waals surface area contributed by atoms with Gasteiger partial charge in [0.05, 0.1) is 0 Å². The number of nitrogens with one attached hydrogen (secondary N) is 1. The monoisotopic (exact) mass is 438 g/mol. The standard InChI is InChI=1S/C19H34N4O3.2ClH/c24-18(25)3-1-2-16-6-10-22(11-7-16)19(26)23-14-12-21(13-15-23)17-4-8-20-9-5-17;;/h16-17,20H,1-15H2,(H,24,25);2*1H. The van der Waals surface area contributed by atoms with Gasteiger partial charge < -0.3 is 20.2 Å². The van der Waals surface area contributed by atoms with E-state index in [9.17, 15) is 9.59 Å². The average Bonchev–Trinajstić information content (AvgIpc) is 2.68. The van der Waals surface area contributed by atoms with Crippen molar-refractivity contribution in [1.82, 2.24) is 20.0 Å². The van der Waals surface area contributed by atoms with Gasteiger partial charge in [-0.25, -0.2) is 4.79 Å². The molecule has 9 heteroatoms. The lowest BCUT2D eigenvalue weighted by atomic mass is 9.91. The molecule has 3 aliphatic rings. The summed E-state index contributed by atoms with van der Waals surface area (Å²) in [7, 11) is 0. The maximum Gasteiger partial charge on any atom is 0.320 e. The van der Waals surface area contributed by atoms with Crippen LogP contribution in [0.2, 0.25) is 0 Å². The molecule has 0 unspecified atom stereocenters. The molecule has 3 saturated heterocycles. The van der Waals surface area contributed by atoms with Crippen molar-refractivity contribution in [2.45, 2.75) is 51.0 Å². The molecule has 2 amide bonds. The Morgan fingerprint density at radius 1 is 0.857 bits per heavy atom. The zero-order valence-electron chi connectivity index (χ0n) is 16.7. The molecular weight excluding hydrogens is 403 g/mol. The van der Waals surface area contributed by atoms with Gasteiger partial charge >= 0.3 is 12.0 Å². The summed E-state index contributed by atoms with van der Waals surface area (Å²) in [6, 6.07) is 0.897. The molecule has 3 heterocycles. The molecule has 2 N–H and O–H groups in total. The van der Waals surface area contributed by atoms with Gasteiger partial charge in [-0.05, 0) is 57.5 Å². The number of amides is 2. The number of piperazine rings is 1. The van der Waals surface area contributed by atoms with Gasteiger partial charge in [-0.1, -0.05) is 0 Å². The molecule has 7 nitrogen and oxygen atoms in total. The number of piperidine rings is 2. The first-order valence-corrected chi connectivity index (χ1v) is 10.3. The van der Waals surface area contributed by atoms with Crippen LogP contribution in [0.4, 0.5) is 4.79 Å². The van der Waals surface area contributed by atoms with Gasteiger partial charge in [-0.3, -0.25) is 9.69 Å². The maximum atomic E-state index is 12.8. The number of aliphatic carboxylic acids is 1. The van der Waals surface area contributed by atoms with E-state index in [1.165, 1.54) is 12.8 Å². The van der Waals surface area contributed by atoms with E-state index in [1.807, 2.05) is 9.80 Å². The third-order valence-corrected chi connectivity index (χ3v) is 6.30. The Morgan fingerprint density at radius 2 is 1.43 bits per heavy atom. The molecule has 3 rings (SSSR count). The van der Waals surface area contributed by atoms with Crippen LogP contribution < -0.4 is 5.32 Å². The number of likely N-dealkylation sites (tertiary alicyclic amines) is 1. The highest BCUT2D eigenvalue weighted by Gasteiger charge is 2.30. The summed E-state index contributed by atoms with van der Waals surface area (Å²) in [6.45, 7) is 7.58. The van der Waals surface area contributed by atoms with Crippen molar-refractivity contribution in [2.24, 2.45) is 5.92 Å². The minimum atomic E-state index is -0.707. The topological polar surface area (TPSA) is 76.1 Å². The number of rotatable bonds is 5. The Balaban J connectivity index is 0.00000196. The van der Waals surface area contributed by atoms with Crippen molar-refractivity contribution in [2.75, 3.05) is 52.4 Å². The quantitative estimate of drug-likeness (QED) is 0.688. The average molecular weight is 439 g/mol. The summed E-state index contributed by atoms with van der Waals surface area (Å²) in [6.07, 6.45) is 6.48. The largest absolute Gasteiger partial charge is 0.481 e. The summed E-state index contributed by atoms with van der Waals surface area (Å²) < 4.78 is 0. The normalized spacial score (nSPS) is 22.3. The minimum absolute atomic E-state index is 0. The van der Waals surface area contributed by atoms with Crippen LogP contribution in [0, 0.1) is 5.92 Å². The Labute approximate surface area is 181 Å². The van der Waals surface area contributed by atoms with E-state index in [0.29, 0.717) is 12.0 Å². The van der Waals surface area contributed by atoms with Gasteiger partial charge in [-0.2, -0.15) is 0 Å². The Morgan fingerprint density at radius 3 is 2.00 bits per heavy atom. The number of carbonyl (C=O) groups is 2. The number of halogens is 2. The number of hydrogen-bond donors (Lipinski definition) is 2. The van der Waals surface area contributed by atoms with Gasteiger partial charge in [0.15, 0.2) is 0 Å². The molecule has 28 heavy (non-hydrogen) atoms. The van der Waals surface area contributed by atoms with E-state index in [2.05, 4.69) is 10.2 Å². The van der Waals surface area contributed by atoms with Crippen LogP contribution in [-0.4, -0.2) is 90.2 Å². The molecule has 0 aromatic heterocycles. The highest BCUT2D eigenvalue weighted by Crippen LogP contribution is 2.24. The smallest absolute Gasteiger partial charge is 0.320 e. The van der Waals surface area contributed by atoms with Gasteiger partial charge in [-0.15, -0.1) is 24.8 Å². The van der Waals surface area contributed by atoms with E-state index in [-0.39, 0.29) is 37.3 Å². The molecule has 0 aromatic rings. The molecule has 164 valence electrons. The van der Waals surface area contributed by atoms with Gasteiger partial charge in [0.1, 0.15) is 0 Å². The number of urea groups is 1. The summed E-state index contributed by atoms with van der Waals surface area (Å²) in [5.41, 5.74) is 0. The van der Waals surface area contributed by atoms with Gasteiger partial charge in [0, 0.05) is 51.7 Å². The predicted octanol–water partition coefficient (Wildman–Crippen LogP) is 2.29. The zero-order chi connectivity index (χ0) is 18.4. The van der Waals surface area contributed by atoms with Crippen LogP contribution in [0.25, 0.3) is 0 Å². The van der Waals surface area contributed by atoms with E-state index < -0.39 is 5.97 Å². The molecule has 3 fully saturated rings. The predicted molar refractivity (Wildman–Crippen MR) is 115 cm³/mol. The Bertz CT molecular complexity index is 476. The molecule has 0 aromatic carbocycles. The number of carboxylic acid groups (broad SMARTS) is 1. The zero-order valence-corrected chi connectivity index (χ0v) is 18.3. The van der Waals surface area contributed by atoms with Crippen LogP contribution in [-0.2, 0) is 4.79 Å². The summed E-state index contributed by atoms with van der Waals surface area (Å²) in [5, 5.41) is 12.2. The molecule has 0 bridgehead atoms. The third-order valence-electron chi connectivity index (χ3n) is 6.30. The van der Waals surface area contributed by atoms with Crippen molar-refractivity contribution in [3.8, 4) is 0 Å². The van der Waals surface area contributed by atoms with Crippen molar-refractivity contribution in [3.05, 3.63) is 0 Å². The van der Waals surface area contributed by atoms with E-state index in [4.69, 9.17) is 5.11 Å². The molecule has 0 radical (unpaired) electrons. The first-order chi connectivity index (χ1) is 12.6. The number of hydrogen-bond acceptors (Lipinski definition) is 4. The lowest BCUT2D eigenvalue weighted by Crippen LogP contribution is -2.56. The van der Waals surface area contributed by atoms with Crippen molar-refractivity contribution in [3.63, 3.8) is 0 Å². The number of nitrogens with zero attached hydrogens (tertiary/aromatic N) is 3. The fourth-order valence-corrected chi connectivity index (χ4v) is 4.61. The molecule has 0 saturated carbocycles. The van der Waals surface area contributed by atoms with E-state index >= 15 is 0 Å². The molecule has 0 atom stereocenters. The summed E-state index contributed by atoms with van der Waals surface area (Å²) in [5.74, 6) is -0.128. The molecular formula is C19H36Cl2N4O3. The third kappa shape index (κ3) is 7.25. The van der Waals surface area contributed by atoms with Gasteiger partial charge in [0.2, 0.25) is 0 Å². The highest BCUT2D eigenvalue weighted by atomic mass is 35.5. The van der Waals surface area contributed by atoms with Crippen molar-refractivity contribution < 1.29 is 14.7 Å². The molecule has 0 spiro atoms. The van der Waals surface area contributed by atoms with Crippen molar-refractivity contribution in [1.29, 1.82) is 0 Å². The highest BCUT2D eigenvalue weighted by molar-refractivity contribution is 5.85. The molecule has 0 aliphatic carbocycles. The SMILES string of the molecule is Cl.Cl.O=C(O)CCCC1CCN(C(=O)N2CCN(C3CCNCC3)CC2)CC1. The van der Waals surface area contributed by atoms with E-state index in [1.54, 1.807) is 0 Å². The van der Waals surface area contributed by atoms with Crippen LogP contribution in [0.5, 0.6) is 0 Å². The number of carboxylic acids is 1. The van der Waals surface area contributed by atoms with Crippen molar-refractivity contribution >= 4 is 36.8 Å². The first-order valence-electron chi connectivity index (χ1n) is 10.3. The lowest BCUT2D eigenvalue weighted by molar-refractivity contribution is -0.137. The molecule has 3 aliphatic heterocycles. The second-order valence-electron chi connectivity index (χ2n) is 8.00. The van der Waals surface area contributed by atoms with Crippen LogP contribution in [0.15, 0.2) is 0 Å².